The first-order chi connectivity index (χ1) is 5.29. The Morgan fingerprint density at radius 2 is 2.00 bits per heavy atom. The van der Waals surface area contributed by atoms with Crippen LogP contribution in [-0.2, 0) is 0 Å². The molecule has 1 N–H and O–H groups in total. The molecule has 1 heterocycles. The summed E-state index contributed by atoms with van der Waals surface area (Å²) in [5.41, 5.74) is 1.10. The zero-order valence-corrected chi connectivity index (χ0v) is 6.83. The van der Waals surface area contributed by atoms with E-state index in [2.05, 4.69) is 9.97 Å². The van der Waals surface area contributed by atoms with Crippen molar-refractivity contribution in [2.45, 2.75) is 13.8 Å². The average Bonchev–Trinajstić information content (AvgIpc) is 2.02. The van der Waals surface area contributed by atoms with Crippen molar-refractivity contribution in [3.8, 4) is 0 Å². The number of hydrogen-bond acceptors (Lipinski definition) is 1. The largest absolute Gasteiger partial charge is 0.348 e. The van der Waals surface area contributed by atoms with Crippen molar-refractivity contribution in [1.29, 1.82) is 0 Å². The quantitative estimate of drug-likeness (QED) is 0.600. The predicted molar refractivity (Wildman–Crippen MR) is 45.7 cm³/mol. The molecule has 0 saturated carbocycles. The van der Waals surface area contributed by atoms with Gasteiger partial charge in [-0.1, -0.05) is 12.1 Å². The number of nitrogens with one attached hydrogen (secondary N) is 1. The average molecular weight is 148 g/mol. The molecule has 1 rings (SSSR count). The highest BCUT2D eigenvalue weighted by molar-refractivity contribution is 4.99. The molecule has 0 bridgehead atoms. The molecular weight excluding hydrogens is 136 g/mol. The molecule has 58 valence electrons. The molecule has 0 aliphatic carbocycles. The van der Waals surface area contributed by atoms with Crippen LogP contribution < -0.4 is 0 Å². The maximum atomic E-state index is 4.13. The summed E-state index contributed by atoms with van der Waals surface area (Å²) in [6.45, 7) is 3.95. The molecule has 0 saturated heterocycles. The number of nitrogens with zero attached hydrogens (tertiary/aromatic N) is 1. The smallest absolute Gasteiger partial charge is 0.102 e. The van der Waals surface area contributed by atoms with Gasteiger partial charge in [-0.15, -0.1) is 0 Å². The van der Waals surface area contributed by atoms with Crippen LogP contribution in [-0.4, -0.2) is 9.97 Å². The summed E-state index contributed by atoms with van der Waals surface area (Å²) in [4.78, 5) is 7.26. The second-order valence-corrected chi connectivity index (χ2v) is 2.42. The Bertz CT molecular complexity index is 248. The topological polar surface area (TPSA) is 28.7 Å². The molecule has 0 aliphatic heterocycles. The summed E-state index contributed by atoms with van der Waals surface area (Å²) in [5, 5.41) is 0. The maximum absolute atomic E-state index is 4.13. The van der Waals surface area contributed by atoms with Crippen molar-refractivity contribution in [1.82, 2.24) is 9.97 Å². The molecule has 1 aromatic rings. The zero-order valence-electron chi connectivity index (χ0n) is 6.83. The minimum absolute atomic E-state index is 0.915. The van der Waals surface area contributed by atoms with Gasteiger partial charge in [-0.3, -0.25) is 0 Å². The predicted octanol–water partition coefficient (Wildman–Crippen LogP) is 2.15. The van der Waals surface area contributed by atoms with Gasteiger partial charge in [0.05, 0.1) is 0 Å². The van der Waals surface area contributed by atoms with Crippen LogP contribution in [0.4, 0.5) is 0 Å². The summed E-state index contributed by atoms with van der Waals surface area (Å²) in [6, 6.07) is 7.84. The van der Waals surface area contributed by atoms with Gasteiger partial charge in [-0.2, -0.15) is 0 Å². The van der Waals surface area contributed by atoms with Crippen LogP contribution in [0.5, 0.6) is 0 Å². The highest BCUT2D eigenvalue weighted by atomic mass is 14.8. The third kappa shape index (κ3) is 2.85. The van der Waals surface area contributed by atoms with Gasteiger partial charge in [0.2, 0.25) is 0 Å². The van der Waals surface area contributed by atoms with Crippen LogP contribution in [0, 0.1) is 13.8 Å². The number of H-pyrrole nitrogens is 1. The first-order valence-corrected chi connectivity index (χ1v) is 3.60. The zero-order chi connectivity index (χ0) is 8.10. The van der Waals surface area contributed by atoms with Crippen molar-refractivity contribution in [2.24, 2.45) is 0 Å². The molecule has 0 atom stereocenters. The fourth-order valence-corrected chi connectivity index (χ4v) is 0.828. The summed E-state index contributed by atoms with van der Waals surface area (Å²) in [7, 11) is 0. The number of aromatic nitrogens is 2. The van der Waals surface area contributed by atoms with E-state index >= 15 is 0 Å². The lowest BCUT2D eigenvalue weighted by Gasteiger charge is -1.87. The van der Waals surface area contributed by atoms with E-state index in [0.29, 0.717) is 0 Å². The molecule has 0 fully saturated rings. The van der Waals surface area contributed by atoms with Crippen LogP contribution in [0.15, 0.2) is 30.5 Å². The normalized spacial score (nSPS) is 8.91. The van der Waals surface area contributed by atoms with Crippen LogP contribution in [0.2, 0.25) is 0 Å². The molecule has 1 aromatic heterocycles. The first kappa shape index (κ1) is 7.79. The van der Waals surface area contributed by atoms with E-state index in [0.717, 1.165) is 11.5 Å². The number of hydrogen-bond donors (Lipinski definition) is 1. The van der Waals surface area contributed by atoms with E-state index < -0.39 is 0 Å². The SMILES string of the molecule is Cc1cccccnc(C)[nH]1. The van der Waals surface area contributed by atoms with Crippen molar-refractivity contribution >= 4 is 0 Å². The van der Waals surface area contributed by atoms with Gasteiger partial charge in [0.15, 0.2) is 0 Å². The molecule has 0 unspecified atom stereocenters. The van der Waals surface area contributed by atoms with E-state index in [1.165, 1.54) is 0 Å². The Kier molecular flexibility index (Phi) is 2.66. The Balaban J connectivity index is 3.25. The van der Waals surface area contributed by atoms with Crippen molar-refractivity contribution in [3.05, 3.63) is 42.0 Å². The highest BCUT2D eigenvalue weighted by Crippen LogP contribution is 1.87. The lowest BCUT2D eigenvalue weighted by atomic mass is 10.4. The van der Waals surface area contributed by atoms with Gasteiger partial charge in [0, 0.05) is 11.9 Å². The second kappa shape index (κ2) is 3.76. The monoisotopic (exact) mass is 148 g/mol. The fraction of sp³-hybridized carbons (Fsp3) is 0.222. The van der Waals surface area contributed by atoms with Crippen molar-refractivity contribution in [2.75, 3.05) is 0 Å². The third-order valence-corrected chi connectivity index (χ3v) is 1.30. The Hall–Kier alpha value is -1.31. The van der Waals surface area contributed by atoms with Crippen molar-refractivity contribution < 1.29 is 0 Å². The molecule has 2 heteroatoms. The van der Waals surface area contributed by atoms with Crippen molar-refractivity contribution in [3.63, 3.8) is 0 Å². The summed E-state index contributed by atoms with van der Waals surface area (Å²) in [5.74, 6) is 0.915. The van der Waals surface area contributed by atoms with Gasteiger partial charge < -0.3 is 4.98 Å². The van der Waals surface area contributed by atoms with E-state index in [-0.39, 0.29) is 0 Å². The molecule has 2 nitrogen and oxygen atoms in total. The molecule has 0 spiro atoms. The first-order valence-electron chi connectivity index (χ1n) is 3.60. The standard InChI is InChI=1S/C9H12N2/c1-8-6-4-3-5-7-10-9(2)11-8/h3-7H,1-2H3,(H,10,11). The van der Waals surface area contributed by atoms with Gasteiger partial charge in [0.25, 0.3) is 0 Å². The van der Waals surface area contributed by atoms with Crippen LogP contribution in [0.1, 0.15) is 11.5 Å². The summed E-state index contributed by atoms with van der Waals surface area (Å²) < 4.78 is 0. The van der Waals surface area contributed by atoms with E-state index in [4.69, 9.17) is 0 Å². The summed E-state index contributed by atoms with van der Waals surface area (Å²) in [6.07, 6.45) is 1.77. The molecular formula is C9H12N2. The Morgan fingerprint density at radius 3 is 2.82 bits per heavy atom. The molecule has 0 radical (unpaired) electrons. The van der Waals surface area contributed by atoms with Gasteiger partial charge in [0.1, 0.15) is 5.82 Å². The van der Waals surface area contributed by atoms with Gasteiger partial charge in [-0.25, -0.2) is 4.98 Å². The van der Waals surface area contributed by atoms with E-state index in [1.54, 1.807) is 6.20 Å². The molecule has 11 heavy (non-hydrogen) atoms. The Morgan fingerprint density at radius 1 is 1.18 bits per heavy atom. The minimum Gasteiger partial charge on any atom is -0.348 e. The maximum Gasteiger partial charge on any atom is 0.102 e. The Labute approximate surface area is 66.6 Å². The van der Waals surface area contributed by atoms with Gasteiger partial charge >= 0.3 is 0 Å². The number of rotatable bonds is 0. The highest BCUT2D eigenvalue weighted by Gasteiger charge is 1.77. The summed E-state index contributed by atoms with van der Waals surface area (Å²) >= 11 is 0. The second-order valence-electron chi connectivity index (χ2n) is 2.42. The van der Waals surface area contributed by atoms with Crippen LogP contribution >= 0.6 is 0 Å². The fourth-order valence-electron chi connectivity index (χ4n) is 0.828. The van der Waals surface area contributed by atoms with Crippen LogP contribution in [0.3, 0.4) is 0 Å². The molecule has 0 aromatic carbocycles. The minimum atomic E-state index is 0.915. The number of aryl methyl sites for hydroxylation is 2. The molecule has 0 aliphatic rings. The lowest BCUT2D eigenvalue weighted by Crippen LogP contribution is -1.81. The van der Waals surface area contributed by atoms with E-state index in [1.807, 2.05) is 38.1 Å². The number of aromatic amines is 1. The lowest BCUT2D eigenvalue weighted by molar-refractivity contribution is 1.04. The molecule has 0 amide bonds. The van der Waals surface area contributed by atoms with Gasteiger partial charge in [-0.05, 0) is 26.0 Å². The van der Waals surface area contributed by atoms with Crippen LogP contribution in [0.25, 0.3) is 0 Å². The third-order valence-electron chi connectivity index (χ3n) is 1.30. The van der Waals surface area contributed by atoms with E-state index in [9.17, 15) is 0 Å².